The summed E-state index contributed by atoms with van der Waals surface area (Å²) in [6.45, 7) is 1.64. The summed E-state index contributed by atoms with van der Waals surface area (Å²) in [6, 6.07) is 6.46. The minimum atomic E-state index is -0.518. The Bertz CT molecular complexity index is 779. The molecular formula is C17H18N2O5. The first-order chi connectivity index (χ1) is 11.5. The molecule has 0 radical (unpaired) electrons. The van der Waals surface area contributed by atoms with E-state index in [0.717, 1.165) is 0 Å². The monoisotopic (exact) mass is 330 g/mol. The van der Waals surface area contributed by atoms with Gasteiger partial charge in [-0.15, -0.1) is 0 Å². The molecule has 0 unspecified atom stereocenters. The van der Waals surface area contributed by atoms with Crippen LogP contribution in [-0.2, 0) is 11.3 Å². The summed E-state index contributed by atoms with van der Waals surface area (Å²) in [4.78, 5) is 37.8. The van der Waals surface area contributed by atoms with Gasteiger partial charge >= 0.3 is 5.97 Å². The van der Waals surface area contributed by atoms with Gasteiger partial charge in [0, 0.05) is 18.3 Å². The molecule has 126 valence electrons. The molecule has 0 fully saturated rings. The van der Waals surface area contributed by atoms with Gasteiger partial charge in [0.15, 0.2) is 5.78 Å². The van der Waals surface area contributed by atoms with E-state index < -0.39 is 5.97 Å². The highest BCUT2D eigenvalue weighted by atomic mass is 16.5. The summed E-state index contributed by atoms with van der Waals surface area (Å²) in [6.07, 6.45) is 1.49. The maximum atomic E-state index is 12.1. The van der Waals surface area contributed by atoms with Crippen LogP contribution < -0.4 is 10.1 Å². The second kappa shape index (κ2) is 7.45. The third-order valence-electron chi connectivity index (χ3n) is 3.46. The SMILES string of the molecule is COC(=O)c1cc(CNC(=O)c2cc(C(C)=O)c[nH]2)ccc1OC. The number of methoxy groups -OCH3 is 2. The van der Waals surface area contributed by atoms with Gasteiger partial charge < -0.3 is 19.8 Å². The minimum absolute atomic E-state index is 0.122. The topological polar surface area (TPSA) is 97.5 Å². The van der Waals surface area contributed by atoms with Crippen LogP contribution >= 0.6 is 0 Å². The van der Waals surface area contributed by atoms with Crippen molar-refractivity contribution in [1.82, 2.24) is 10.3 Å². The van der Waals surface area contributed by atoms with Gasteiger partial charge in [0.05, 0.1) is 14.2 Å². The van der Waals surface area contributed by atoms with Gasteiger partial charge in [-0.05, 0) is 30.7 Å². The number of hydrogen-bond acceptors (Lipinski definition) is 5. The van der Waals surface area contributed by atoms with E-state index in [1.807, 2.05) is 0 Å². The molecule has 0 bridgehead atoms. The zero-order valence-electron chi connectivity index (χ0n) is 13.6. The Hall–Kier alpha value is -3.09. The van der Waals surface area contributed by atoms with Crippen LogP contribution in [0.15, 0.2) is 30.5 Å². The summed E-state index contributed by atoms with van der Waals surface area (Å²) in [5, 5.41) is 2.71. The number of nitrogens with one attached hydrogen (secondary N) is 2. The number of hydrogen-bond donors (Lipinski definition) is 2. The molecule has 1 aromatic carbocycles. The maximum Gasteiger partial charge on any atom is 0.341 e. The third-order valence-corrected chi connectivity index (χ3v) is 3.46. The number of carbonyl (C=O) groups excluding carboxylic acids is 3. The molecule has 0 aliphatic carbocycles. The van der Waals surface area contributed by atoms with Crippen molar-refractivity contribution < 1.29 is 23.9 Å². The molecule has 0 aliphatic rings. The van der Waals surface area contributed by atoms with Crippen LogP contribution in [0.25, 0.3) is 0 Å². The maximum absolute atomic E-state index is 12.1. The minimum Gasteiger partial charge on any atom is -0.496 e. The number of ketones is 1. The molecule has 0 saturated heterocycles. The van der Waals surface area contributed by atoms with Crippen molar-refractivity contribution in [3.8, 4) is 5.75 Å². The summed E-state index contributed by atoms with van der Waals surface area (Å²) >= 11 is 0. The van der Waals surface area contributed by atoms with Gasteiger partial charge in [0.1, 0.15) is 17.0 Å². The van der Waals surface area contributed by atoms with Crippen LogP contribution in [0.5, 0.6) is 5.75 Å². The highest BCUT2D eigenvalue weighted by Gasteiger charge is 2.14. The molecule has 2 N–H and O–H groups in total. The molecule has 7 heteroatoms. The lowest BCUT2D eigenvalue weighted by atomic mass is 10.1. The molecule has 0 saturated carbocycles. The van der Waals surface area contributed by atoms with E-state index in [1.165, 1.54) is 33.4 Å². The van der Waals surface area contributed by atoms with Gasteiger partial charge in [0.2, 0.25) is 0 Å². The van der Waals surface area contributed by atoms with Crippen molar-refractivity contribution in [2.45, 2.75) is 13.5 Å². The van der Waals surface area contributed by atoms with Gasteiger partial charge in [-0.2, -0.15) is 0 Å². The number of amides is 1. The average Bonchev–Trinajstić information content (AvgIpc) is 3.09. The lowest BCUT2D eigenvalue weighted by molar-refractivity contribution is 0.0596. The molecule has 2 aromatic rings. The van der Waals surface area contributed by atoms with Crippen LogP contribution in [0.1, 0.15) is 43.7 Å². The van der Waals surface area contributed by atoms with Crippen molar-refractivity contribution in [1.29, 1.82) is 0 Å². The Morgan fingerprint density at radius 1 is 1.17 bits per heavy atom. The number of H-pyrrole nitrogens is 1. The van der Waals surface area contributed by atoms with E-state index in [-0.39, 0.29) is 23.8 Å². The molecule has 1 heterocycles. The standard InChI is InChI=1S/C17H18N2O5/c1-10(20)12-7-14(18-9-12)16(21)19-8-11-4-5-15(23-2)13(6-11)17(22)24-3/h4-7,9,18H,8H2,1-3H3,(H,19,21). The van der Waals surface area contributed by atoms with Crippen LogP contribution in [0.3, 0.4) is 0 Å². The Kier molecular flexibility index (Phi) is 5.36. The average molecular weight is 330 g/mol. The Morgan fingerprint density at radius 2 is 1.92 bits per heavy atom. The van der Waals surface area contributed by atoms with Crippen molar-refractivity contribution >= 4 is 17.7 Å². The Morgan fingerprint density at radius 3 is 2.50 bits per heavy atom. The normalized spacial score (nSPS) is 10.1. The number of rotatable bonds is 6. The highest BCUT2D eigenvalue weighted by Crippen LogP contribution is 2.20. The van der Waals surface area contributed by atoms with Gasteiger partial charge in [-0.1, -0.05) is 6.07 Å². The number of aromatic nitrogens is 1. The Labute approximate surface area is 139 Å². The van der Waals surface area contributed by atoms with E-state index in [9.17, 15) is 14.4 Å². The molecule has 0 atom stereocenters. The van der Waals surface area contributed by atoms with Crippen LogP contribution in [0, 0.1) is 0 Å². The zero-order valence-corrected chi connectivity index (χ0v) is 13.6. The quantitative estimate of drug-likeness (QED) is 0.623. The third kappa shape index (κ3) is 3.81. The second-order valence-corrected chi connectivity index (χ2v) is 5.07. The first-order valence-electron chi connectivity index (χ1n) is 7.19. The molecule has 2 rings (SSSR count). The van der Waals surface area contributed by atoms with Crippen molar-refractivity contribution in [2.24, 2.45) is 0 Å². The Balaban J connectivity index is 2.09. The molecule has 24 heavy (non-hydrogen) atoms. The van der Waals surface area contributed by atoms with Crippen molar-refractivity contribution in [3.63, 3.8) is 0 Å². The first-order valence-corrected chi connectivity index (χ1v) is 7.19. The smallest absolute Gasteiger partial charge is 0.341 e. The lowest BCUT2D eigenvalue weighted by Gasteiger charge is -2.10. The van der Waals surface area contributed by atoms with E-state index in [1.54, 1.807) is 18.2 Å². The van der Waals surface area contributed by atoms with Crippen LogP contribution in [0.2, 0.25) is 0 Å². The largest absolute Gasteiger partial charge is 0.496 e. The fraction of sp³-hybridized carbons (Fsp3) is 0.235. The highest BCUT2D eigenvalue weighted by molar-refractivity contribution is 5.99. The molecule has 7 nitrogen and oxygen atoms in total. The number of Topliss-reactive ketones (excluding diaryl/α,β-unsaturated/α-hetero) is 1. The second-order valence-electron chi connectivity index (χ2n) is 5.07. The fourth-order valence-electron chi connectivity index (χ4n) is 2.14. The summed E-state index contributed by atoms with van der Waals surface area (Å²) < 4.78 is 9.83. The number of esters is 1. The number of benzene rings is 1. The van der Waals surface area contributed by atoms with Crippen LogP contribution in [-0.4, -0.2) is 36.9 Å². The van der Waals surface area contributed by atoms with E-state index in [4.69, 9.17) is 9.47 Å². The van der Waals surface area contributed by atoms with E-state index in [0.29, 0.717) is 22.6 Å². The molecule has 1 aromatic heterocycles. The summed E-state index contributed by atoms with van der Waals surface area (Å²) in [5.74, 6) is -0.594. The van der Waals surface area contributed by atoms with Gasteiger partial charge in [0.25, 0.3) is 5.91 Å². The molecular weight excluding hydrogens is 312 g/mol. The number of aromatic amines is 1. The molecule has 1 amide bonds. The lowest BCUT2D eigenvalue weighted by Crippen LogP contribution is -2.23. The predicted octanol–water partition coefficient (Wildman–Crippen LogP) is 1.94. The van der Waals surface area contributed by atoms with Gasteiger partial charge in [-0.25, -0.2) is 4.79 Å². The molecule has 0 spiro atoms. The first kappa shape index (κ1) is 17.3. The van der Waals surface area contributed by atoms with Gasteiger partial charge in [-0.3, -0.25) is 9.59 Å². The summed E-state index contributed by atoms with van der Waals surface area (Å²) in [7, 11) is 2.75. The van der Waals surface area contributed by atoms with Crippen molar-refractivity contribution in [3.05, 3.63) is 52.8 Å². The fourth-order valence-corrected chi connectivity index (χ4v) is 2.14. The number of ether oxygens (including phenoxy) is 2. The number of carbonyl (C=O) groups is 3. The zero-order chi connectivity index (χ0) is 17.7. The summed E-state index contributed by atoms with van der Waals surface area (Å²) in [5.41, 5.74) is 1.73. The van der Waals surface area contributed by atoms with E-state index in [2.05, 4.69) is 10.3 Å². The van der Waals surface area contributed by atoms with Crippen LogP contribution in [0.4, 0.5) is 0 Å². The van der Waals surface area contributed by atoms with Crippen molar-refractivity contribution in [2.75, 3.05) is 14.2 Å². The predicted molar refractivity (Wildman–Crippen MR) is 86.3 cm³/mol. The van der Waals surface area contributed by atoms with E-state index >= 15 is 0 Å². The molecule has 0 aliphatic heterocycles.